The van der Waals surface area contributed by atoms with Gasteiger partial charge in [0.05, 0.1) is 0 Å². The van der Waals surface area contributed by atoms with Gasteiger partial charge in [0.25, 0.3) is 21.2 Å². The SMILES string of the molecule is CC[Si](CC)(CC)C1C[I+]1. The molecule has 10 heavy (non-hydrogen) atoms. The molecule has 1 saturated heterocycles. The summed E-state index contributed by atoms with van der Waals surface area (Å²) in [4.78, 5) is 0. The van der Waals surface area contributed by atoms with Gasteiger partial charge in [0.1, 0.15) is 8.07 Å². The zero-order valence-electron chi connectivity index (χ0n) is 7.28. The molecule has 2 heteroatoms. The molecule has 0 N–H and O–H groups in total. The Labute approximate surface area is 76.1 Å². The van der Waals surface area contributed by atoms with E-state index in [1.165, 1.54) is 3.55 Å². The third kappa shape index (κ3) is 1.57. The van der Waals surface area contributed by atoms with Crippen molar-refractivity contribution in [1.82, 2.24) is 0 Å². The fourth-order valence-corrected chi connectivity index (χ4v) is 15.7. The lowest BCUT2D eigenvalue weighted by molar-refractivity contribution is -0.485. The largest absolute Gasteiger partial charge is 0.276 e. The van der Waals surface area contributed by atoms with Gasteiger partial charge in [-0.25, -0.2) is 0 Å². The number of hydrogen-bond donors (Lipinski definition) is 0. The standard InChI is InChI=1S/C8H18ISi/c1-4-10(5-2,6-3)8-7-9-8/h8H,4-7H2,1-3H3/q+1. The highest BCUT2D eigenvalue weighted by molar-refractivity contribution is 6.81. The van der Waals surface area contributed by atoms with E-state index in [9.17, 15) is 0 Å². The van der Waals surface area contributed by atoms with Gasteiger partial charge in [-0.05, 0) is 0 Å². The van der Waals surface area contributed by atoms with Crippen LogP contribution in [0.15, 0.2) is 0 Å². The Morgan fingerprint density at radius 1 is 1.20 bits per heavy atom. The lowest BCUT2D eigenvalue weighted by Gasteiger charge is -2.21. The van der Waals surface area contributed by atoms with Gasteiger partial charge in [-0.3, -0.25) is 0 Å². The van der Waals surface area contributed by atoms with Gasteiger partial charge in [-0.1, -0.05) is 38.9 Å². The molecule has 0 bridgehead atoms. The molecule has 0 aromatic heterocycles. The quantitative estimate of drug-likeness (QED) is 0.367. The predicted molar refractivity (Wildman–Crippen MR) is 45.9 cm³/mol. The van der Waals surface area contributed by atoms with Crippen LogP contribution in [0.25, 0.3) is 0 Å². The molecular weight excluding hydrogens is 251 g/mol. The van der Waals surface area contributed by atoms with Gasteiger partial charge < -0.3 is 0 Å². The summed E-state index contributed by atoms with van der Waals surface area (Å²) in [6, 6.07) is 4.68. The minimum atomic E-state index is -0.635. The van der Waals surface area contributed by atoms with Gasteiger partial charge in [0, 0.05) is 0 Å². The van der Waals surface area contributed by atoms with Gasteiger partial charge in [-0.2, -0.15) is 0 Å². The van der Waals surface area contributed by atoms with Gasteiger partial charge in [0.15, 0.2) is 7.98 Å². The van der Waals surface area contributed by atoms with Crippen molar-refractivity contribution < 1.29 is 21.2 Å². The molecule has 0 aromatic rings. The fourth-order valence-electron chi connectivity index (χ4n) is 1.79. The van der Waals surface area contributed by atoms with Crippen molar-refractivity contribution in [2.24, 2.45) is 0 Å². The van der Waals surface area contributed by atoms with E-state index >= 15 is 0 Å². The summed E-state index contributed by atoms with van der Waals surface area (Å²) in [7, 11) is -0.635. The molecule has 0 radical (unpaired) electrons. The summed E-state index contributed by atoms with van der Waals surface area (Å²) >= 11 is 0.727. The topological polar surface area (TPSA) is 0 Å². The Morgan fingerprint density at radius 2 is 1.60 bits per heavy atom. The molecule has 0 amide bonds. The van der Waals surface area contributed by atoms with Gasteiger partial charge >= 0.3 is 0 Å². The zero-order valence-corrected chi connectivity index (χ0v) is 10.4. The highest BCUT2D eigenvalue weighted by Crippen LogP contribution is 2.22. The second kappa shape index (κ2) is 3.56. The number of halogens is 1. The van der Waals surface area contributed by atoms with Gasteiger partial charge in [-0.15, -0.1) is 0 Å². The van der Waals surface area contributed by atoms with Crippen LogP contribution < -0.4 is 21.2 Å². The first kappa shape index (κ1) is 9.04. The van der Waals surface area contributed by atoms with Crippen molar-refractivity contribution in [2.75, 3.05) is 4.43 Å². The van der Waals surface area contributed by atoms with Crippen LogP contribution >= 0.6 is 0 Å². The van der Waals surface area contributed by atoms with E-state index < -0.39 is 8.07 Å². The summed E-state index contributed by atoms with van der Waals surface area (Å²) in [5.41, 5.74) is 0. The molecule has 1 atom stereocenters. The van der Waals surface area contributed by atoms with Crippen LogP contribution in [0, 0.1) is 0 Å². The van der Waals surface area contributed by atoms with E-state index in [0.29, 0.717) is 0 Å². The Hall–Kier alpha value is 0.947. The van der Waals surface area contributed by atoms with Crippen molar-refractivity contribution in [1.29, 1.82) is 0 Å². The maximum atomic E-state index is 2.43. The van der Waals surface area contributed by atoms with E-state index in [1.54, 1.807) is 22.6 Å². The van der Waals surface area contributed by atoms with Crippen molar-refractivity contribution in [3.63, 3.8) is 0 Å². The molecule has 1 aliphatic rings. The van der Waals surface area contributed by atoms with Crippen LogP contribution in [-0.2, 0) is 0 Å². The summed E-state index contributed by atoms with van der Waals surface area (Å²) in [5.74, 6) is 0. The Bertz CT molecular complexity index is 97.6. The average Bonchev–Trinajstić information content (AvgIpc) is 2.77. The normalized spacial score (nSPS) is 24.9. The molecule has 0 nitrogen and oxygen atoms in total. The molecule has 1 aliphatic heterocycles. The van der Waals surface area contributed by atoms with Crippen LogP contribution in [0.3, 0.4) is 0 Å². The van der Waals surface area contributed by atoms with Crippen LogP contribution in [0.1, 0.15) is 20.8 Å². The first-order valence-electron chi connectivity index (χ1n) is 4.36. The second-order valence-corrected chi connectivity index (χ2v) is 13.2. The molecular formula is C8H18ISi+. The van der Waals surface area contributed by atoms with Gasteiger partial charge in [0.2, 0.25) is 0 Å². The Balaban J connectivity index is 2.52. The lowest BCUT2D eigenvalue weighted by Crippen LogP contribution is -3.49. The molecule has 0 aromatic carbocycles. The molecule has 1 fully saturated rings. The van der Waals surface area contributed by atoms with Crippen LogP contribution in [-0.4, -0.2) is 16.0 Å². The first-order valence-corrected chi connectivity index (χ1v) is 9.83. The molecule has 1 rings (SSSR count). The lowest BCUT2D eigenvalue weighted by atomic mass is 10.9. The van der Waals surface area contributed by atoms with E-state index in [1.807, 2.05) is 0 Å². The van der Waals surface area contributed by atoms with E-state index in [2.05, 4.69) is 20.8 Å². The highest BCUT2D eigenvalue weighted by atomic mass is 127. The third-order valence-corrected chi connectivity index (χ3v) is 16.4. The zero-order chi connectivity index (χ0) is 7.61. The van der Waals surface area contributed by atoms with E-state index in [0.717, 1.165) is 21.2 Å². The molecule has 0 spiro atoms. The number of hydrogen-bond acceptors (Lipinski definition) is 0. The fraction of sp³-hybridized carbons (Fsp3) is 1.00. The summed E-state index contributed by atoms with van der Waals surface area (Å²) in [5, 5.41) is 0. The van der Waals surface area contributed by atoms with Crippen LogP contribution in [0.2, 0.25) is 18.1 Å². The Kier molecular flexibility index (Phi) is 3.22. The highest BCUT2D eigenvalue weighted by Gasteiger charge is 2.58. The maximum absolute atomic E-state index is 2.43. The van der Waals surface area contributed by atoms with Crippen LogP contribution in [0.5, 0.6) is 0 Å². The molecule has 0 aliphatic carbocycles. The minimum Gasteiger partial charge on any atom is -0.0676 e. The molecule has 60 valence electrons. The Morgan fingerprint density at radius 3 is 1.70 bits per heavy atom. The van der Waals surface area contributed by atoms with Crippen molar-refractivity contribution >= 4 is 8.07 Å². The number of rotatable bonds is 4. The predicted octanol–water partition coefficient (Wildman–Crippen LogP) is -0.495. The first-order chi connectivity index (χ1) is 4.79. The van der Waals surface area contributed by atoms with E-state index in [4.69, 9.17) is 0 Å². The minimum absolute atomic E-state index is 0.635. The van der Waals surface area contributed by atoms with Crippen molar-refractivity contribution in [3.05, 3.63) is 0 Å². The maximum Gasteiger partial charge on any atom is 0.276 e. The molecule has 1 unspecified atom stereocenters. The van der Waals surface area contributed by atoms with Crippen molar-refractivity contribution in [2.45, 2.75) is 42.5 Å². The van der Waals surface area contributed by atoms with Crippen molar-refractivity contribution in [3.8, 4) is 0 Å². The smallest absolute Gasteiger partial charge is 0.0676 e. The summed E-state index contributed by atoms with van der Waals surface area (Å²) < 4.78 is 3.02. The second-order valence-electron chi connectivity index (χ2n) is 3.20. The monoisotopic (exact) mass is 269 g/mol. The molecule has 1 heterocycles. The summed E-state index contributed by atoms with van der Waals surface area (Å²) in [6.07, 6.45) is 0. The molecule has 0 saturated carbocycles. The van der Waals surface area contributed by atoms with E-state index in [-0.39, 0.29) is 0 Å². The van der Waals surface area contributed by atoms with Crippen LogP contribution in [0.4, 0.5) is 0 Å². The number of alkyl halides is 2. The average molecular weight is 269 g/mol. The third-order valence-electron chi connectivity index (χ3n) is 3.09. The summed E-state index contributed by atoms with van der Waals surface area (Å²) in [6.45, 7) is 7.30.